The molecule has 52 valence electrons. The SMILES string of the molecule is CC(C)I(C)[C@H](C)N. The average molecular weight is 229 g/mol. The van der Waals surface area contributed by atoms with E-state index in [-0.39, 0.29) is 0 Å². The second-order valence-corrected chi connectivity index (χ2v) is 9.92. The van der Waals surface area contributed by atoms with E-state index in [1.165, 1.54) is 0 Å². The van der Waals surface area contributed by atoms with Crippen molar-refractivity contribution in [3.8, 4) is 0 Å². The number of hydrogen-bond donors (Lipinski definition) is 1. The number of rotatable bonds is 2. The van der Waals surface area contributed by atoms with Gasteiger partial charge in [-0.25, -0.2) is 0 Å². The third kappa shape index (κ3) is 2.87. The van der Waals surface area contributed by atoms with Gasteiger partial charge in [-0.15, -0.1) is 0 Å². The Morgan fingerprint density at radius 3 is 1.62 bits per heavy atom. The molecule has 8 heavy (non-hydrogen) atoms. The summed E-state index contributed by atoms with van der Waals surface area (Å²) in [5.74, 6) is 0. The van der Waals surface area contributed by atoms with Gasteiger partial charge in [0.15, 0.2) is 0 Å². The van der Waals surface area contributed by atoms with Gasteiger partial charge >= 0.3 is 59.2 Å². The Kier molecular flexibility index (Phi) is 3.98. The van der Waals surface area contributed by atoms with Crippen molar-refractivity contribution in [2.75, 3.05) is 4.93 Å². The standard InChI is InChI=1S/C6H16IN/c1-5(2)7(4)6(3)8/h5-6H,8H2,1-4H3/t6-/m0/s1. The molecule has 2 N–H and O–H groups in total. The normalized spacial score (nSPS) is 16.5. The fourth-order valence-corrected chi connectivity index (χ4v) is 2.67. The monoisotopic (exact) mass is 229 g/mol. The van der Waals surface area contributed by atoms with Gasteiger partial charge in [-0.1, -0.05) is 0 Å². The van der Waals surface area contributed by atoms with E-state index in [0.29, 0.717) is 4.05 Å². The van der Waals surface area contributed by atoms with E-state index in [4.69, 9.17) is 5.73 Å². The van der Waals surface area contributed by atoms with Gasteiger partial charge in [0, 0.05) is 0 Å². The van der Waals surface area contributed by atoms with E-state index >= 15 is 0 Å². The van der Waals surface area contributed by atoms with Gasteiger partial charge in [0.2, 0.25) is 0 Å². The van der Waals surface area contributed by atoms with Crippen LogP contribution in [0.2, 0.25) is 0 Å². The summed E-state index contributed by atoms with van der Waals surface area (Å²) in [6, 6.07) is 0. The summed E-state index contributed by atoms with van der Waals surface area (Å²) in [5, 5.41) is 0. The van der Waals surface area contributed by atoms with Gasteiger partial charge in [0.25, 0.3) is 0 Å². The Bertz CT molecular complexity index is 53.5. The molecule has 0 heterocycles. The van der Waals surface area contributed by atoms with E-state index in [2.05, 4.69) is 25.7 Å². The third-order valence-electron chi connectivity index (χ3n) is 1.23. The van der Waals surface area contributed by atoms with Crippen LogP contribution in [-0.2, 0) is 0 Å². The molecule has 0 spiro atoms. The molecule has 0 saturated heterocycles. The molecule has 0 aromatic heterocycles. The molecule has 0 aliphatic rings. The summed E-state index contributed by atoms with van der Waals surface area (Å²) in [6.07, 6.45) is 0. The maximum absolute atomic E-state index is 5.71. The van der Waals surface area contributed by atoms with Crippen LogP contribution in [-0.4, -0.2) is 12.9 Å². The Labute approximate surface area is 59.4 Å². The van der Waals surface area contributed by atoms with E-state index in [9.17, 15) is 0 Å². The molecule has 0 bridgehead atoms. The van der Waals surface area contributed by atoms with E-state index in [1.54, 1.807) is 0 Å². The van der Waals surface area contributed by atoms with Crippen LogP contribution in [0.3, 0.4) is 0 Å². The van der Waals surface area contributed by atoms with Crippen molar-refractivity contribution < 1.29 is 0 Å². The van der Waals surface area contributed by atoms with Crippen molar-refractivity contribution in [1.29, 1.82) is 0 Å². The van der Waals surface area contributed by atoms with Gasteiger partial charge in [0.05, 0.1) is 0 Å². The van der Waals surface area contributed by atoms with Crippen LogP contribution in [0.5, 0.6) is 0 Å². The molecule has 0 aromatic carbocycles. The number of halogens is 1. The van der Waals surface area contributed by atoms with E-state index in [1.807, 2.05) is 0 Å². The van der Waals surface area contributed by atoms with Crippen LogP contribution in [0.4, 0.5) is 0 Å². The molecule has 0 saturated carbocycles. The summed E-state index contributed by atoms with van der Waals surface area (Å²) >= 11 is -0.727. The molecule has 1 atom stereocenters. The second kappa shape index (κ2) is 3.67. The molecule has 0 aliphatic heterocycles. The van der Waals surface area contributed by atoms with Crippen LogP contribution in [0, 0.1) is 0 Å². The Balaban J connectivity index is 3.46. The molecule has 0 unspecified atom stereocenters. The molecule has 0 amide bonds. The molecule has 0 fully saturated rings. The summed E-state index contributed by atoms with van der Waals surface area (Å²) in [4.78, 5) is 2.35. The molecule has 2 heteroatoms. The Hall–Kier alpha value is 0.690. The third-order valence-corrected chi connectivity index (χ3v) is 8.26. The Morgan fingerprint density at radius 1 is 1.25 bits per heavy atom. The first-order valence-corrected chi connectivity index (χ1v) is 7.53. The van der Waals surface area contributed by atoms with Crippen LogP contribution in [0.25, 0.3) is 0 Å². The summed E-state index contributed by atoms with van der Waals surface area (Å²) < 4.78 is 1.37. The minimum absolute atomic E-state index is 0.499. The predicted octanol–water partition coefficient (Wildman–Crippen LogP) is 1.84. The van der Waals surface area contributed by atoms with Gasteiger partial charge in [0.1, 0.15) is 0 Å². The van der Waals surface area contributed by atoms with Crippen molar-refractivity contribution in [3.63, 3.8) is 0 Å². The molecule has 1 nitrogen and oxygen atoms in total. The van der Waals surface area contributed by atoms with Crippen molar-refractivity contribution in [2.45, 2.75) is 28.7 Å². The van der Waals surface area contributed by atoms with Crippen molar-refractivity contribution in [3.05, 3.63) is 0 Å². The van der Waals surface area contributed by atoms with Crippen molar-refractivity contribution >= 4 is 19.8 Å². The molecule has 0 radical (unpaired) electrons. The molecule has 0 aliphatic carbocycles. The van der Waals surface area contributed by atoms with Crippen LogP contribution >= 0.6 is 19.8 Å². The number of nitrogens with two attached hydrogens (primary N) is 1. The van der Waals surface area contributed by atoms with Crippen molar-refractivity contribution in [2.24, 2.45) is 5.73 Å². The predicted molar refractivity (Wildman–Crippen MR) is 48.7 cm³/mol. The number of alkyl halides is 3. The van der Waals surface area contributed by atoms with E-state index < -0.39 is 19.8 Å². The van der Waals surface area contributed by atoms with Gasteiger partial charge in [-0.05, 0) is 0 Å². The first-order chi connectivity index (χ1) is 3.55. The summed E-state index contributed by atoms with van der Waals surface area (Å²) in [7, 11) is 0. The molecule has 0 aromatic rings. The fourth-order valence-electron chi connectivity index (χ4n) is 0.397. The summed E-state index contributed by atoms with van der Waals surface area (Å²) in [6.45, 7) is 6.67. The van der Waals surface area contributed by atoms with E-state index in [0.717, 1.165) is 3.92 Å². The van der Waals surface area contributed by atoms with Gasteiger partial charge in [-0.3, -0.25) is 0 Å². The molecule has 0 rings (SSSR count). The fraction of sp³-hybridized carbons (Fsp3) is 1.00. The van der Waals surface area contributed by atoms with Crippen molar-refractivity contribution in [1.82, 2.24) is 0 Å². The quantitative estimate of drug-likeness (QED) is 0.436. The maximum atomic E-state index is 5.71. The first-order valence-electron chi connectivity index (χ1n) is 2.88. The van der Waals surface area contributed by atoms with Crippen LogP contribution in [0.15, 0.2) is 0 Å². The summed E-state index contributed by atoms with van der Waals surface area (Å²) in [5.41, 5.74) is 5.71. The molecular weight excluding hydrogens is 213 g/mol. The zero-order chi connectivity index (χ0) is 6.73. The second-order valence-electron chi connectivity index (χ2n) is 2.25. The van der Waals surface area contributed by atoms with Gasteiger partial charge in [-0.2, -0.15) is 0 Å². The topological polar surface area (TPSA) is 26.0 Å². The number of hydrogen-bond acceptors (Lipinski definition) is 1. The molecular formula is C6H16IN. The minimum atomic E-state index is -0.727. The zero-order valence-electron chi connectivity index (χ0n) is 6.11. The average Bonchev–Trinajstić information content (AvgIpc) is 1.64. The van der Waals surface area contributed by atoms with Crippen LogP contribution in [0.1, 0.15) is 20.8 Å². The zero-order valence-corrected chi connectivity index (χ0v) is 8.27. The van der Waals surface area contributed by atoms with Crippen LogP contribution < -0.4 is 5.73 Å². The first kappa shape index (κ1) is 8.69. The Morgan fingerprint density at radius 2 is 1.62 bits per heavy atom. The van der Waals surface area contributed by atoms with Gasteiger partial charge < -0.3 is 0 Å².